The molecule has 5 nitrogen and oxygen atoms in total. The maximum Gasteiger partial charge on any atom is 0.323 e. The van der Waals surface area contributed by atoms with Crippen molar-refractivity contribution in [3.63, 3.8) is 0 Å². The van der Waals surface area contributed by atoms with Gasteiger partial charge in [-0.25, -0.2) is 4.98 Å². The molecule has 102 valence electrons. The van der Waals surface area contributed by atoms with Crippen molar-refractivity contribution in [3.05, 3.63) is 5.82 Å². The fraction of sp³-hybridized carbons (Fsp3) is 0.727. The summed E-state index contributed by atoms with van der Waals surface area (Å²) in [6.07, 6.45) is 2.29. The van der Waals surface area contributed by atoms with Crippen molar-refractivity contribution in [3.8, 4) is 0 Å². The predicted octanol–water partition coefficient (Wildman–Crippen LogP) is 2.04. The molecule has 0 bridgehead atoms. The summed E-state index contributed by atoms with van der Waals surface area (Å²) in [5.74, 6) is 0.940. The van der Waals surface area contributed by atoms with Crippen molar-refractivity contribution in [1.29, 1.82) is 0 Å². The molecule has 1 unspecified atom stereocenters. The Balaban J connectivity index is 2.32. The Morgan fingerprint density at radius 3 is 2.83 bits per heavy atom. The molecule has 1 rings (SSSR count). The van der Waals surface area contributed by atoms with Gasteiger partial charge in [0, 0.05) is 12.2 Å². The minimum Gasteiger partial charge on any atom is -0.480 e. The molecule has 0 aliphatic heterocycles. The summed E-state index contributed by atoms with van der Waals surface area (Å²) in [5, 5.41) is 12.0. The van der Waals surface area contributed by atoms with Crippen LogP contribution in [0, 0.1) is 0 Å². The van der Waals surface area contributed by atoms with Gasteiger partial charge in [0.25, 0.3) is 0 Å². The number of rotatable bonds is 8. The Hall–Kier alpha value is -0.660. The molecular formula is C11H19N3O2S2. The molecule has 1 atom stereocenters. The van der Waals surface area contributed by atoms with Crippen LogP contribution in [0.2, 0.25) is 0 Å². The van der Waals surface area contributed by atoms with Gasteiger partial charge in [0.1, 0.15) is 11.4 Å². The third-order valence-electron chi connectivity index (χ3n) is 2.84. The Bertz CT molecular complexity index is 397. The SMILES string of the molecule is CCc1nsc(SCCCC(C)(NC)C(=O)O)n1. The molecule has 0 fully saturated rings. The summed E-state index contributed by atoms with van der Waals surface area (Å²) in [4.78, 5) is 15.4. The summed E-state index contributed by atoms with van der Waals surface area (Å²) in [6.45, 7) is 3.74. The topological polar surface area (TPSA) is 75.1 Å². The second-order valence-electron chi connectivity index (χ2n) is 4.17. The predicted molar refractivity (Wildman–Crippen MR) is 74.3 cm³/mol. The van der Waals surface area contributed by atoms with Crippen LogP contribution in [0.3, 0.4) is 0 Å². The van der Waals surface area contributed by atoms with Gasteiger partial charge in [0.2, 0.25) is 0 Å². The highest BCUT2D eigenvalue weighted by Gasteiger charge is 2.30. The van der Waals surface area contributed by atoms with Crippen LogP contribution in [0.15, 0.2) is 4.34 Å². The molecule has 1 heterocycles. The molecular weight excluding hydrogens is 270 g/mol. The highest BCUT2D eigenvalue weighted by atomic mass is 32.2. The van der Waals surface area contributed by atoms with Crippen LogP contribution in [0.5, 0.6) is 0 Å². The van der Waals surface area contributed by atoms with Crippen LogP contribution in [-0.2, 0) is 11.2 Å². The molecule has 2 N–H and O–H groups in total. The van der Waals surface area contributed by atoms with E-state index in [0.717, 1.165) is 28.8 Å². The summed E-state index contributed by atoms with van der Waals surface area (Å²) in [5.41, 5.74) is -0.837. The van der Waals surface area contributed by atoms with Gasteiger partial charge in [-0.1, -0.05) is 18.7 Å². The molecule has 0 radical (unpaired) electrons. The van der Waals surface area contributed by atoms with Gasteiger partial charge < -0.3 is 10.4 Å². The number of likely N-dealkylation sites (N-methyl/N-ethyl adjacent to an activating group) is 1. The van der Waals surface area contributed by atoms with E-state index in [9.17, 15) is 4.79 Å². The molecule has 1 aromatic rings. The first-order valence-corrected chi connectivity index (χ1v) is 7.65. The van der Waals surface area contributed by atoms with Crippen molar-refractivity contribution < 1.29 is 9.90 Å². The first-order chi connectivity index (χ1) is 8.51. The molecule has 1 aromatic heterocycles. The van der Waals surface area contributed by atoms with Gasteiger partial charge in [0.05, 0.1) is 0 Å². The number of hydrogen-bond acceptors (Lipinski definition) is 6. The van der Waals surface area contributed by atoms with E-state index in [4.69, 9.17) is 5.11 Å². The maximum absolute atomic E-state index is 11.1. The monoisotopic (exact) mass is 289 g/mol. The number of carboxylic acids is 1. The van der Waals surface area contributed by atoms with Crippen LogP contribution in [0.1, 0.15) is 32.5 Å². The Kier molecular flexibility index (Phi) is 6.04. The largest absolute Gasteiger partial charge is 0.480 e. The fourth-order valence-corrected chi connectivity index (χ4v) is 3.07. The van der Waals surface area contributed by atoms with E-state index in [-0.39, 0.29) is 0 Å². The Labute approximate surface area is 116 Å². The van der Waals surface area contributed by atoms with Crippen molar-refractivity contribution in [2.75, 3.05) is 12.8 Å². The molecule has 0 aliphatic carbocycles. The lowest BCUT2D eigenvalue weighted by Gasteiger charge is -2.23. The number of aliphatic carboxylic acids is 1. The molecule has 18 heavy (non-hydrogen) atoms. The van der Waals surface area contributed by atoms with Gasteiger partial charge >= 0.3 is 5.97 Å². The van der Waals surface area contributed by atoms with E-state index in [1.807, 2.05) is 6.92 Å². The van der Waals surface area contributed by atoms with E-state index in [0.29, 0.717) is 6.42 Å². The number of aryl methyl sites for hydroxylation is 1. The van der Waals surface area contributed by atoms with E-state index in [2.05, 4.69) is 14.7 Å². The zero-order chi connectivity index (χ0) is 13.6. The number of hydrogen-bond donors (Lipinski definition) is 2. The fourth-order valence-electron chi connectivity index (χ4n) is 1.36. The van der Waals surface area contributed by atoms with Gasteiger partial charge in [-0.05, 0) is 38.3 Å². The molecule has 0 saturated heterocycles. The van der Waals surface area contributed by atoms with Gasteiger partial charge in [-0.2, -0.15) is 4.37 Å². The number of carboxylic acid groups (broad SMARTS) is 1. The van der Waals surface area contributed by atoms with Crippen LogP contribution >= 0.6 is 23.3 Å². The van der Waals surface area contributed by atoms with E-state index in [1.165, 1.54) is 11.5 Å². The summed E-state index contributed by atoms with van der Waals surface area (Å²) < 4.78 is 5.18. The number of carbonyl (C=O) groups is 1. The van der Waals surface area contributed by atoms with Crippen LogP contribution in [0.25, 0.3) is 0 Å². The Morgan fingerprint density at radius 1 is 1.61 bits per heavy atom. The first kappa shape index (κ1) is 15.4. The second-order valence-corrected chi connectivity index (χ2v) is 6.26. The molecule has 0 spiro atoms. The zero-order valence-corrected chi connectivity index (χ0v) is 12.5. The highest BCUT2D eigenvalue weighted by molar-refractivity contribution is 8.00. The average Bonchev–Trinajstić information content (AvgIpc) is 2.82. The van der Waals surface area contributed by atoms with Crippen molar-refractivity contribution in [1.82, 2.24) is 14.7 Å². The summed E-state index contributed by atoms with van der Waals surface area (Å²) in [6, 6.07) is 0. The lowest BCUT2D eigenvalue weighted by atomic mass is 9.97. The van der Waals surface area contributed by atoms with E-state index >= 15 is 0 Å². The van der Waals surface area contributed by atoms with Gasteiger partial charge in [0.15, 0.2) is 4.34 Å². The standard InChI is InChI=1S/C11H19N3O2S2/c1-4-8-13-10(18-14-8)17-7-5-6-11(2,12-3)9(15)16/h12H,4-7H2,1-3H3,(H,15,16). The van der Waals surface area contributed by atoms with E-state index in [1.54, 1.807) is 25.7 Å². The molecule has 7 heteroatoms. The summed E-state index contributed by atoms with van der Waals surface area (Å²) >= 11 is 3.06. The molecule has 0 amide bonds. The van der Waals surface area contributed by atoms with Crippen LogP contribution in [0.4, 0.5) is 0 Å². The smallest absolute Gasteiger partial charge is 0.323 e. The third-order valence-corrected chi connectivity index (χ3v) is 4.79. The minimum absolute atomic E-state index is 0.602. The lowest BCUT2D eigenvalue weighted by Crippen LogP contribution is -2.47. The highest BCUT2D eigenvalue weighted by Crippen LogP contribution is 2.23. The van der Waals surface area contributed by atoms with Crippen LogP contribution < -0.4 is 5.32 Å². The Morgan fingerprint density at radius 2 is 2.33 bits per heavy atom. The second kappa shape index (κ2) is 7.06. The molecule has 0 saturated carbocycles. The third kappa shape index (κ3) is 4.22. The molecule has 0 aromatic carbocycles. The van der Waals surface area contributed by atoms with Crippen molar-refractivity contribution in [2.45, 2.75) is 43.0 Å². The quantitative estimate of drug-likeness (QED) is 0.563. The zero-order valence-electron chi connectivity index (χ0n) is 10.9. The van der Waals surface area contributed by atoms with Crippen molar-refractivity contribution >= 4 is 29.3 Å². The number of nitrogens with zero attached hydrogens (tertiary/aromatic N) is 2. The number of aromatic nitrogens is 2. The number of thioether (sulfide) groups is 1. The average molecular weight is 289 g/mol. The molecule has 0 aliphatic rings. The van der Waals surface area contributed by atoms with Gasteiger partial charge in [-0.15, -0.1) is 0 Å². The van der Waals surface area contributed by atoms with Crippen LogP contribution in [-0.4, -0.2) is 38.8 Å². The minimum atomic E-state index is -0.837. The van der Waals surface area contributed by atoms with Gasteiger partial charge in [-0.3, -0.25) is 4.79 Å². The normalized spacial score (nSPS) is 14.4. The maximum atomic E-state index is 11.1. The lowest BCUT2D eigenvalue weighted by molar-refractivity contribution is -0.144. The number of nitrogens with one attached hydrogen (secondary N) is 1. The first-order valence-electron chi connectivity index (χ1n) is 5.89. The van der Waals surface area contributed by atoms with E-state index < -0.39 is 11.5 Å². The summed E-state index contributed by atoms with van der Waals surface area (Å²) in [7, 11) is 1.68. The van der Waals surface area contributed by atoms with Crippen molar-refractivity contribution in [2.24, 2.45) is 0 Å².